The van der Waals surface area contributed by atoms with E-state index in [-0.39, 0.29) is 22.1 Å². The van der Waals surface area contributed by atoms with Crippen molar-refractivity contribution in [2.75, 3.05) is 5.32 Å². The lowest BCUT2D eigenvalue weighted by Crippen LogP contribution is -2.37. The fourth-order valence-electron chi connectivity index (χ4n) is 3.16. The van der Waals surface area contributed by atoms with Crippen molar-refractivity contribution >= 4 is 27.5 Å². The molecular weight excluding hydrogens is 314 g/mol. The highest BCUT2D eigenvalue weighted by molar-refractivity contribution is 9.09. The highest BCUT2D eigenvalue weighted by Gasteiger charge is 2.37. The second-order valence-electron chi connectivity index (χ2n) is 6.48. The topological polar surface area (TPSA) is 29.1 Å². The van der Waals surface area contributed by atoms with Gasteiger partial charge in [-0.1, -0.05) is 60.8 Å². The summed E-state index contributed by atoms with van der Waals surface area (Å²) in [5, 5.41) is 3.15. The third-order valence-electron chi connectivity index (χ3n) is 4.47. The first-order valence-corrected chi connectivity index (χ1v) is 8.37. The molecule has 1 aliphatic carbocycles. The summed E-state index contributed by atoms with van der Waals surface area (Å²) in [5.74, 6) is 0.297. The minimum Gasteiger partial charge on any atom is -0.326 e. The second kappa shape index (κ2) is 6.30. The number of nitrogens with one attached hydrogen (secondary N) is 1. The Morgan fingerprint density at radius 3 is 2.70 bits per heavy atom. The first kappa shape index (κ1) is 15.6. The van der Waals surface area contributed by atoms with Gasteiger partial charge in [-0.05, 0) is 36.8 Å². The van der Waals surface area contributed by atoms with Gasteiger partial charge in [0.1, 0.15) is 0 Å². The zero-order valence-corrected chi connectivity index (χ0v) is 14.2. The van der Waals surface area contributed by atoms with Gasteiger partial charge in [0.05, 0.1) is 0 Å². The fraction of sp³-hybridized carbons (Fsp3) is 0.588. The smallest absolute Gasteiger partial charge is 0.228 e. The molecule has 0 aliphatic heterocycles. The van der Waals surface area contributed by atoms with Crippen LogP contribution in [0.2, 0.25) is 0 Å². The number of hydrogen-bond acceptors (Lipinski definition) is 1. The lowest BCUT2D eigenvalue weighted by atomic mass is 9.68. The molecule has 0 aromatic heterocycles. The van der Waals surface area contributed by atoms with E-state index in [4.69, 9.17) is 0 Å². The van der Waals surface area contributed by atoms with Crippen LogP contribution in [-0.2, 0) is 4.79 Å². The van der Waals surface area contributed by atoms with Crippen LogP contribution in [-0.4, -0.2) is 5.91 Å². The van der Waals surface area contributed by atoms with Gasteiger partial charge >= 0.3 is 0 Å². The number of amides is 1. The Kier molecular flexibility index (Phi) is 4.90. The van der Waals surface area contributed by atoms with Crippen LogP contribution in [0.5, 0.6) is 0 Å². The van der Waals surface area contributed by atoms with E-state index in [0.29, 0.717) is 0 Å². The highest BCUT2D eigenvalue weighted by atomic mass is 79.9. The van der Waals surface area contributed by atoms with Crippen LogP contribution in [0.3, 0.4) is 0 Å². The van der Waals surface area contributed by atoms with Gasteiger partial charge in [-0.3, -0.25) is 4.79 Å². The average molecular weight is 338 g/mol. The maximum absolute atomic E-state index is 12.6. The summed E-state index contributed by atoms with van der Waals surface area (Å²) in [6, 6.07) is 8.02. The Morgan fingerprint density at radius 2 is 2.05 bits per heavy atom. The monoisotopic (exact) mass is 337 g/mol. The van der Waals surface area contributed by atoms with Gasteiger partial charge in [0.2, 0.25) is 5.91 Å². The molecule has 2 unspecified atom stereocenters. The van der Waals surface area contributed by atoms with Gasteiger partial charge in [0, 0.05) is 16.4 Å². The fourth-order valence-corrected chi connectivity index (χ4v) is 3.56. The summed E-state index contributed by atoms with van der Waals surface area (Å²) in [6.07, 6.45) is 4.55. The molecule has 20 heavy (non-hydrogen) atoms. The van der Waals surface area contributed by atoms with Crippen molar-refractivity contribution in [3.05, 3.63) is 29.8 Å². The molecular formula is C17H24BrNO. The molecule has 0 saturated heterocycles. The van der Waals surface area contributed by atoms with E-state index < -0.39 is 0 Å². The summed E-state index contributed by atoms with van der Waals surface area (Å²) in [5.41, 5.74) is 2.18. The van der Waals surface area contributed by atoms with Gasteiger partial charge in [-0.15, -0.1) is 0 Å². The molecule has 1 fully saturated rings. The number of hydrogen-bond donors (Lipinski definition) is 1. The third-order valence-corrected chi connectivity index (χ3v) is 4.96. The number of carbonyl (C=O) groups is 1. The second-order valence-corrected chi connectivity index (χ2v) is 7.85. The average Bonchev–Trinajstić information content (AvgIpc) is 2.38. The van der Waals surface area contributed by atoms with Crippen LogP contribution in [0.1, 0.15) is 56.8 Å². The van der Waals surface area contributed by atoms with E-state index in [2.05, 4.69) is 48.1 Å². The van der Waals surface area contributed by atoms with E-state index in [1.54, 1.807) is 0 Å². The molecule has 1 N–H and O–H groups in total. The predicted octanol–water partition coefficient (Wildman–Crippen LogP) is 5.30. The SMILES string of the molecule is CC(Br)c1ccccc1NC(=O)C1CCCCC1(C)C. The molecule has 0 bridgehead atoms. The zero-order valence-electron chi connectivity index (χ0n) is 12.6. The molecule has 1 aromatic rings. The molecule has 1 aliphatic rings. The summed E-state index contributed by atoms with van der Waals surface area (Å²) in [6.45, 7) is 6.51. The van der Waals surface area contributed by atoms with E-state index >= 15 is 0 Å². The van der Waals surface area contributed by atoms with E-state index in [1.807, 2.05) is 18.2 Å². The molecule has 2 atom stereocenters. The van der Waals surface area contributed by atoms with E-state index in [1.165, 1.54) is 6.42 Å². The van der Waals surface area contributed by atoms with Crippen LogP contribution in [0, 0.1) is 11.3 Å². The van der Waals surface area contributed by atoms with Gasteiger partial charge in [0.15, 0.2) is 0 Å². The number of rotatable bonds is 3. The number of halogens is 1. The van der Waals surface area contributed by atoms with Crippen molar-refractivity contribution < 1.29 is 4.79 Å². The molecule has 1 saturated carbocycles. The summed E-state index contributed by atoms with van der Waals surface area (Å²) in [7, 11) is 0. The van der Waals surface area contributed by atoms with Gasteiger partial charge in [-0.2, -0.15) is 0 Å². The van der Waals surface area contributed by atoms with Crippen LogP contribution in [0.15, 0.2) is 24.3 Å². The Bertz CT molecular complexity index is 482. The molecule has 0 radical (unpaired) electrons. The van der Waals surface area contributed by atoms with Crippen molar-refractivity contribution in [1.29, 1.82) is 0 Å². The molecule has 0 heterocycles. The number of para-hydroxylation sites is 1. The number of benzene rings is 1. The quantitative estimate of drug-likeness (QED) is 0.745. The standard InChI is InChI=1S/C17H24BrNO/c1-12(18)13-8-4-5-10-15(13)19-16(20)14-9-6-7-11-17(14,2)3/h4-5,8,10,12,14H,6-7,9,11H2,1-3H3,(H,19,20). The van der Waals surface area contributed by atoms with Crippen molar-refractivity contribution in [3.63, 3.8) is 0 Å². The van der Waals surface area contributed by atoms with E-state index in [0.717, 1.165) is 30.5 Å². The normalized spacial score (nSPS) is 23.1. The Labute approximate surface area is 130 Å². The Balaban J connectivity index is 2.15. The summed E-state index contributed by atoms with van der Waals surface area (Å²) >= 11 is 3.59. The number of carbonyl (C=O) groups excluding carboxylic acids is 1. The molecule has 1 amide bonds. The molecule has 110 valence electrons. The molecule has 2 rings (SSSR count). The number of alkyl halides is 1. The lowest BCUT2D eigenvalue weighted by Gasteiger charge is -2.37. The van der Waals surface area contributed by atoms with Gasteiger partial charge in [-0.25, -0.2) is 0 Å². The van der Waals surface area contributed by atoms with Crippen molar-refractivity contribution in [1.82, 2.24) is 0 Å². The number of anilines is 1. The van der Waals surface area contributed by atoms with Crippen molar-refractivity contribution in [2.45, 2.75) is 51.3 Å². The zero-order chi connectivity index (χ0) is 14.8. The third kappa shape index (κ3) is 3.43. The van der Waals surface area contributed by atoms with Gasteiger partial charge < -0.3 is 5.32 Å². The lowest BCUT2D eigenvalue weighted by molar-refractivity contribution is -0.124. The highest BCUT2D eigenvalue weighted by Crippen LogP contribution is 2.41. The van der Waals surface area contributed by atoms with Crippen LogP contribution < -0.4 is 5.32 Å². The van der Waals surface area contributed by atoms with Crippen LogP contribution >= 0.6 is 15.9 Å². The maximum Gasteiger partial charge on any atom is 0.228 e. The predicted molar refractivity (Wildman–Crippen MR) is 88.2 cm³/mol. The van der Waals surface area contributed by atoms with Crippen molar-refractivity contribution in [2.24, 2.45) is 11.3 Å². The Morgan fingerprint density at radius 1 is 1.35 bits per heavy atom. The first-order chi connectivity index (χ1) is 9.42. The first-order valence-electron chi connectivity index (χ1n) is 7.45. The summed E-state index contributed by atoms with van der Waals surface area (Å²) < 4.78 is 0. The van der Waals surface area contributed by atoms with Crippen LogP contribution in [0.25, 0.3) is 0 Å². The van der Waals surface area contributed by atoms with Gasteiger partial charge in [0.25, 0.3) is 0 Å². The summed E-state index contributed by atoms with van der Waals surface area (Å²) in [4.78, 5) is 12.9. The maximum atomic E-state index is 12.6. The van der Waals surface area contributed by atoms with Crippen LogP contribution in [0.4, 0.5) is 5.69 Å². The van der Waals surface area contributed by atoms with Crippen molar-refractivity contribution in [3.8, 4) is 0 Å². The minimum atomic E-state index is 0.108. The molecule has 3 heteroatoms. The molecule has 1 aromatic carbocycles. The minimum absolute atomic E-state index is 0.108. The molecule has 2 nitrogen and oxygen atoms in total. The molecule has 0 spiro atoms. The Hall–Kier alpha value is -0.830. The largest absolute Gasteiger partial charge is 0.326 e. The van der Waals surface area contributed by atoms with E-state index in [9.17, 15) is 4.79 Å².